The van der Waals surface area contributed by atoms with Crippen LogP contribution in [0, 0.1) is 0 Å². The van der Waals surface area contributed by atoms with Crippen molar-refractivity contribution < 1.29 is 4.79 Å². The highest BCUT2D eigenvalue weighted by molar-refractivity contribution is 6.42. The third-order valence-electron chi connectivity index (χ3n) is 2.16. The molecule has 0 bridgehead atoms. The largest absolute Gasteiger partial charge is 0.291 e. The lowest BCUT2D eigenvalue weighted by Gasteiger charge is -2.00. The normalized spacial score (nSPS) is 10.9. The van der Waals surface area contributed by atoms with Gasteiger partial charge in [0, 0.05) is 6.42 Å². The van der Waals surface area contributed by atoms with Crippen molar-refractivity contribution in [3.63, 3.8) is 0 Å². The van der Waals surface area contributed by atoms with Crippen molar-refractivity contribution in [2.45, 2.75) is 25.7 Å². The first-order chi connectivity index (χ1) is 7.74. The summed E-state index contributed by atoms with van der Waals surface area (Å²) in [5, 5.41) is 1.18. The summed E-state index contributed by atoms with van der Waals surface area (Å²) in [6.07, 6.45) is 9.04. The van der Waals surface area contributed by atoms with Crippen LogP contribution in [0.4, 0.5) is 0 Å². The predicted octanol–water partition coefficient (Wildman–Crippen LogP) is 4.37. The van der Waals surface area contributed by atoms with E-state index in [1.807, 2.05) is 30.6 Å². The monoisotopic (exact) mass is 255 g/mol. The summed E-state index contributed by atoms with van der Waals surface area (Å²) in [4.78, 5) is 9.94. The average Bonchev–Trinajstić information content (AvgIpc) is 2.28. The summed E-state index contributed by atoms with van der Waals surface area (Å²) in [6, 6.07) is 5.67. The first kappa shape index (κ1) is 13.3. The highest BCUT2D eigenvalue weighted by atomic mass is 35.5. The third-order valence-corrected chi connectivity index (χ3v) is 2.90. The lowest BCUT2D eigenvalue weighted by atomic mass is 10.1. The molecule has 0 spiro atoms. The minimum Gasteiger partial charge on any atom is -0.291 e. The third kappa shape index (κ3) is 4.82. The van der Waals surface area contributed by atoms with E-state index in [1.54, 1.807) is 0 Å². The Kier molecular flexibility index (Phi) is 6.20. The Morgan fingerprint density at radius 1 is 1.12 bits per heavy atom. The molecule has 1 radical (unpaired) electrons. The van der Waals surface area contributed by atoms with Crippen LogP contribution in [0.15, 0.2) is 30.4 Å². The van der Waals surface area contributed by atoms with E-state index in [-0.39, 0.29) is 0 Å². The van der Waals surface area contributed by atoms with Crippen LogP contribution in [0.25, 0.3) is 0 Å². The topological polar surface area (TPSA) is 17.1 Å². The van der Waals surface area contributed by atoms with E-state index in [9.17, 15) is 4.79 Å². The van der Waals surface area contributed by atoms with Gasteiger partial charge in [-0.2, -0.15) is 0 Å². The highest BCUT2D eigenvalue weighted by Gasteiger charge is 1.98. The number of aryl methyl sites for hydroxylation is 1. The maximum atomic E-state index is 9.94. The van der Waals surface area contributed by atoms with Gasteiger partial charge in [-0.05, 0) is 37.0 Å². The maximum absolute atomic E-state index is 9.94. The Bertz CT molecular complexity index is 372. The molecular weight excluding hydrogens is 243 g/mol. The zero-order chi connectivity index (χ0) is 11.8. The minimum atomic E-state index is 0.475. The van der Waals surface area contributed by atoms with Gasteiger partial charge in [-0.15, -0.1) is 0 Å². The van der Waals surface area contributed by atoms with Gasteiger partial charge in [0.15, 0.2) is 6.29 Å². The predicted molar refractivity (Wildman–Crippen MR) is 68.9 cm³/mol. The van der Waals surface area contributed by atoms with E-state index < -0.39 is 0 Å². The molecule has 0 aromatic heterocycles. The number of allylic oxidation sites excluding steroid dienone is 2. The van der Waals surface area contributed by atoms with Gasteiger partial charge in [0.1, 0.15) is 0 Å². The van der Waals surface area contributed by atoms with Crippen molar-refractivity contribution in [3.05, 3.63) is 46.0 Å². The van der Waals surface area contributed by atoms with Crippen molar-refractivity contribution in [3.8, 4) is 0 Å². The van der Waals surface area contributed by atoms with Crippen molar-refractivity contribution in [2.75, 3.05) is 0 Å². The molecule has 1 aromatic rings. The van der Waals surface area contributed by atoms with Gasteiger partial charge in [-0.3, -0.25) is 4.79 Å². The fourth-order valence-electron chi connectivity index (χ4n) is 1.32. The second-order valence-electron chi connectivity index (χ2n) is 3.44. The van der Waals surface area contributed by atoms with Crippen molar-refractivity contribution in [1.29, 1.82) is 0 Å². The molecule has 0 aliphatic rings. The van der Waals surface area contributed by atoms with E-state index in [2.05, 4.69) is 6.08 Å². The van der Waals surface area contributed by atoms with Crippen molar-refractivity contribution in [1.82, 2.24) is 0 Å². The lowest BCUT2D eigenvalue weighted by molar-refractivity contribution is 0.551. The summed E-state index contributed by atoms with van der Waals surface area (Å²) < 4.78 is 0. The van der Waals surface area contributed by atoms with Gasteiger partial charge in [0.25, 0.3) is 0 Å². The van der Waals surface area contributed by atoms with Crippen LogP contribution >= 0.6 is 23.2 Å². The summed E-state index contributed by atoms with van der Waals surface area (Å²) in [7, 11) is 0. The van der Waals surface area contributed by atoms with Crippen molar-refractivity contribution >= 4 is 29.5 Å². The Balaban J connectivity index is 2.34. The smallest absolute Gasteiger partial charge is 0.198 e. The van der Waals surface area contributed by atoms with Crippen LogP contribution in [0.3, 0.4) is 0 Å². The molecule has 0 aliphatic carbocycles. The molecule has 0 aliphatic heterocycles. The minimum absolute atomic E-state index is 0.475. The number of hydrogen-bond acceptors (Lipinski definition) is 1. The zero-order valence-electron chi connectivity index (χ0n) is 8.88. The Hall–Kier alpha value is -0.790. The molecule has 0 heterocycles. The molecule has 0 N–H and O–H groups in total. The fourth-order valence-corrected chi connectivity index (χ4v) is 1.64. The number of rotatable bonds is 6. The van der Waals surface area contributed by atoms with Gasteiger partial charge in [-0.25, -0.2) is 0 Å². The molecule has 85 valence electrons. The second kappa shape index (κ2) is 7.48. The lowest BCUT2D eigenvalue weighted by Crippen LogP contribution is -1.83. The summed E-state index contributed by atoms with van der Waals surface area (Å²) in [5.74, 6) is 0. The molecule has 1 nitrogen and oxygen atoms in total. The maximum Gasteiger partial charge on any atom is 0.198 e. The summed E-state index contributed by atoms with van der Waals surface area (Å²) >= 11 is 11.7. The first-order valence-electron chi connectivity index (χ1n) is 5.18. The molecule has 0 atom stereocenters. The number of benzene rings is 1. The standard InChI is InChI=1S/C13H13Cl2O/c14-12-8-7-11(10-13(12)15)6-4-2-1-3-5-9-16/h1-2,7-8,10H,3-6H2. The summed E-state index contributed by atoms with van der Waals surface area (Å²) in [5.41, 5.74) is 1.17. The Morgan fingerprint density at radius 2 is 1.88 bits per heavy atom. The summed E-state index contributed by atoms with van der Waals surface area (Å²) in [6.45, 7) is 0. The molecule has 0 saturated carbocycles. The van der Waals surface area contributed by atoms with E-state index in [0.29, 0.717) is 16.5 Å². The molecule has 0 unspecified atom stereocenters. The molecular formula is C13H13Cl2O. The molecule has 16 heavy (non-hydrogen) atoms. The van der Waals surface area contributed by atoms with Crippen LogP contribution in [0.2, 0.25) is 10.0 Å². The number of hydrogen-bond donors (Lipinski definition) is 0. The number of carbonyl (C=O) groups excluding carboxylic acids is 1. The quantitative estimate of drug-likeness (QED) is 0.545. The van der Waals surface area contributed by atoms with Gasteiger partial charge in [0.2, 0.25) is 0 Å². The van der Waals surface area contributed by atoms with Gasteiger partial charge >= 0.3 is 0 Å². The fraction of sp³-hybridized carbons (Fsp3) is 0.308. The van der Waals surface area contributed by atoms with Crippen LogP contribution in [-0.4, -0.2) is 6.29 Å². The van der Waals surface area contributed by atoms with Gasteiger partial charge in [0.05, 0.1) is 10.0 Å². The number of unbranched alkanes of at least 4 members (excludes halogenated alkanes) is 1. The molecule has 1 rings (SSSR count). The molecule has 0 fully saturated rings. The van der Waals surface area contributed by atoms with E-state index in [1.165, 1.54) is 5.56 Å². The van der Waals surface area contributed by atoms with E-state index in [0.717, 1.165) is 19.3 Å². The van der Waals surface area contributed by atoms with Crippen LogP contribution in [0.1, 0.15) is 24.8 Å². The average molecular weight is 256 g/mol. The van der Waals surface area contributed by atoms with Crippen LogP contribution in [0.5, 0.6) is 0 Å². The second-order valence-corrected chi connectivity index (χ2v) is 4.26. The van der Waals surface area contributed by atoms with E-state index in [4.69, 9.17) is 23.2 Å². The molecule has 0 saturated heterocycles. The van der Waals surface area contributed by atoms with E-state index >= 15 is 0 Å². The molecule has 3 heteroatoms. The molecule has 0 amide bonds. The first-order valence-corrected chi connectivity index (χ1v) is 5.93. The Morgan fingerprint density at radius 3 is 2.56 bits per heavy atom. The Labute approximate surface area is 106 Å². The van der Waals surface area contributed by atoms with Gasteiger partial charge in [-0.1, -0.05) is 41.4 Å². The number of halogens is 2. The van der Waals surface area contributed by atoms with Crippen molar-refractivity contribution in [2.24, 2.45) is 0 Å². The SMILES string of the molecule is O=[C]CCC=CCCc1ccc(Cl)c(Cl)c1. The zero-order valence-corrected chi connectivity index (χ0v) is 10.4. The van der Waals surface area contributed by atoms with Crippen LogP contribution < -0.4 is 0 Å². The van der Waals surface area contributed by atoms with Crippen LogP contribution in [-0.2, 0) is 11.2 Å². The highest BCUT2D eigenvalue weighted by Crippen LogP contribution is 2.23. The molecule has 1 aromatic carbocycles. The van der Waals surface area contributed by atoms with Gasteiger partial charge < -0.3 is 0 Å².